The second kappa shape index (κ2) is 6.89. The van der Waals surface area contributed by atoms with Crippen molar-refractivity contribution >= 4 is 5.91 Å². The Morgan fingerprint density at radius 2 is 1.80 bits per heavy atom. The van der Waals surface area contributed by atoms with Crippen molar-refractivity contribution in [2.24, 2.45) is 11.7 Å². The molecule has 0 heterocycles. The number of benzene rings is 1. The van der Waals surface area contributed by atoms with Crippen LogP contribution < -0.4 is 11.1 Å². The predicted octanol–water partition coefficient (Wildman–Crippen LogP) is 3.08. The molecule has 1 amide bonds. The van der Waals surface area contributed by atoms with Crippen molar-refractivity contribution < 1.29 is 4.79 Å². The van der Waals surface area contributed by atoms with E-state index >= 15 is 0 Å². The van der Waals surface area contributed by atoms with E-state index in [1.165, 1.54) is 37.7 Å². The number of amides is 1. The maximum atomic E-state index is 12.2. The Morgan fingerprint density at radius 3 is 2.40 bits per heavy atom. The van der Waals surface area contributed by atoms with Crippen LogP contribution in [0.25, 0.3) is 0 Å². The van der Waals surface area contributed by atoms with Crippen molar-refractivity contribution in [1.82, 2.24) is 5.32 Å². The van der Waals surface area contributed by atoms with Gasteiger partial charge in [0.25, 0.3) is 0 Å². The van der Waals surface area contributed by atoms with Crippen LogP contribution in [0.3, 0.4) is 0 Å². The number of nitrogens with two attached hydrogens (primary N) is 1. The second-order valence-electron chi connectivity index (χ2n) is 6.08. The van der Waals surface area contributed by atoms with Gasteiger partial charge in [-0.3, -0.25) is 4.79 Å². The third kappa shape index (κ3) is 3.83. The van der Waals surface area contributed by atoms with Crippen LogP contribution in [0, 0.1) is 12.8 Å². The summed E-state index contributed by atoms with van der Waals surface area (Å²) in [4.78, 5) is 12.2. The molecule has 1 saturated carbocycles. The van der Waals surface area contributed by atoms with Crippen molar-refractivity contribution in [2.75, 3.05) is 0 Å². The Balaban J connectivity index is 1.91. The molecule has 110 valence electrons. The Hall–Kier alpha value is -1.35. The minimum Gasteiger partial charge on any atom is -0.352 e. The van der Waals surface area contributed by atoms with E-state index in [2.05, 4.69) is 12.2 Å². The number of nitrogens with one attached hydrogen (secondary N) is 1. The third-order valence-electron chi connectivity index (χ3n) is 4.45. The molecule has 1 aromatic rings. The van der Waals surface area contributed by atoms with Crippen LogP contribution in [0.1, 0.15) is 56.2 Å². The zero-order valence-electron chi connectivity index (χ0n) is 12.6. The number of carbonyl (C=O) groups is 1. The summed E-state index contributed by atoms with van der Waals surface area (Å²) in [7, 11) is 0. The Morgan fingerprint density at radius 1 is 1.20 bits per heavy atom. The molecule has 0 aliphatic heterocycles. The summed E-state index contributed by atoms with van der Waals surface area (Å²) >= 11 is 0. The first-order chi connectivity index (χ1) is 9.58. The lowest BCUT2D eigenvalue weighted by atomic mass is 9.84. The molecule has 2 rings (SSSR count). The van der Waals surface area contributed by atoms with Crippen molar-refractivity contribution in [3.8, 4) is 0 Å². The monoisotopic (exact) mass is 274 g/mol. The van der Waals surface area contributed by atoms with E-state index < -0.39 is 6.04 Å². The van der Waals surface area contributed by atoms with Crippen molar-refractivity contribution in [2.45, 2.75) is 58.0 Å². The lowest BCUT2D eigenvalue weighted by molar-refractivity contribution is -0.123. The molecule has 3 N–H and O–H groups in total. The molecule has 20 heavy (non-hydrogen) atoms. The van der Waals surface area contributed by atoms with Gasteiger partial charge in [0, 0.05) is 6.04 Å². The second-order valence-corrected chi connectivity index (χ2v) is 6.08. The summed E-state index contributed by atoms with van der Waals surface area (Å²) in [5.41, 5.74) is 8.11. The highest BCUT2D eigenvalue weighted by atomic mass is 16.2. The van der Waals surface area contributed by atoms with Crippen molar-refractivity contribution in [3.05, 3.63) is 35.4 Å². The van der Waals surface area contributed by atoms with E-state index in [1.54, 1.807) is 0 Å². The maximum absolute atomic E-state index is 12.2. The SMILES string of the molecule is Cc1ccc(C(N)C(=O)N[C@@H](C)C2CCCCC2)cc1. The van der Waals surface area contributed by atoms with Crippen molar-refractivity contribution in [1.29, 1.82) is 0 Å². The smallest absolute Gasteiger partial charge is 0.241 e. The van der Waals surface area contributed by atoms with Crippen LogP contribution in [-0.2, 0) is 4.79 Å². The third-order valence-corrected chi connectivity index (χ3v) is 4.45. The number of hydrogen-bond acceptors (Lipinski definition) is 2. The van der Waals surface area contributed by atoms with Crippen LogP contribution >= 0.6 is 0 Å². The minimum atomic E-state index is -0.568. The normalized spacial score (nSPS) is 19.4. The van der Waals surface area contributed by atoms with Gasteiger partial charge >= 0.3 is 0 Å². The molecular formula is C17H26N2O. The number of aryl methyl sites for hydroxylation is 1. The van der Waals surface area contributed by atoms with Gasteiger partial charge < -0.3 is 11.1 Å². The Bertz CT molecular complexity index is 435. The van der Waals surface area contributed by atoms with Crippen LogP contribution in [0.5, 0.6) is 0 Å². The molecule has 1 aliphatic rings. The summed E-state index contributed by atoms with van der Waals surface area (Å²) in [6, 6.07) is 7.51. The number of hydrogen-bond donors (Lipinski definition) is 2. The Labute approximate surface area is 121 Å². The highest BCUT2D eigenvalue weighted by Crippen LogP contribution is 2.26. The van der Waals surface area contributed by atoms with Gasteiger partial charge in [0.1, 0.15) is 6.04 Å². The van der Waals surface area contributed by atoms with Crippen molar-refractivity contribution in [3.63, 3.8) is 0 Å². The molecule has 2 atom stereocenters. The topological polar surface area (TPSA) is 55.1 Å². The van der Waals surface area contributed by atoms with Gasteiger partial charge in [-0.25, -0.2) is 0 Å². The quantitative estimate of drug-likeness (QED) is 0.886. The molecule has 1 aromatic carbocycles. The largest absolute Gasteiger partial charge is 0.352 e. The average Bonchev–Trinajstić information content (AvgIpc) is 2.48. The fourth-order valence-electron chi connectivity index (χ4n) is 2.99. The summed E-state index contributed by atoms with van der Waals surface area (Å²) in [6.07, 6.45) is 6.35. The molecular weight excluding hydrogens is 248 g/mol. The fourth-order valence-corrected chi connectivity index (χ4v) is 2.99. The lowest BCUT2D eigenvalue weighted by Crippen LogP contribution is -2.43. The predicted molar refractivity (Wildman–Crippen MR) is 82.3 cm³/mol. The average molecular weight is 274 g/mol. The van der Waals surface area contributed by atoms with E-state index in [9.17, 15) is 4.79 Å². The molecule has 3 heteroatoms. The first kappa shape index (κ1) is 15.0. The summed E-state index contributed by atoms with van der Waals surface area (Å²) in [6.45, 7) is 4.14. The standard InChI is InChI=1S/C17H26N2O/c1-12-8-10-15(11-9-12)16(18)17(20)19-13(2)14-6-4-3-5-7-14/h8-11,13-14,16H,3-7,18H2,1-2H3,(H,19,20)/t13-,16?/m0/s1. The highest BCUT2D eigenvalue weighted by Gasteiger charge is 2.24. The minimum absolute atomic E-state index is 0.0630. The van der Waals surface area contributed by atoms with Gasteiger partial charge in [0.15, 0.2) is 0 Å². The van der Waals surface area contributed by atoms with Gasteiger partial charge in [-0.15, -0.1) is 0 Å². The maximum Gasteiger partial charge on any atom is 0.241 e. The molecule has 0 aromatic heterocycles. The molecule has 0 bridgehead atoms. The van der Waals surface area contributed by atoms with Gasteiger partial charge in [-0.1, -0.05) is 49.1 Å². The van der Waals surface area contributed by atoms with E-state index in [0.717, 1.165) is 5.56 Å². The molecule has 3 nitrogen and oxygen atoms in total. The summed E-state index contributed by atoms with van der Waals surface area (Å²) in [5, 5.41) is 3.10. The summed E-state index contributed by atoms with van der Waals surface area (Å²) < 4.78 is 0. The van der Waals surface area contributed by atoms with E-state index in [4.69, 9.17) is 5.73 Å². The zero-order chi connectivity index (χ0) is 14.5. The molecule has 1 unspecified atom stereocenters. The van der Waals surface area contributed by atoms with Gasteiger partial charge in [0.05, 0.1) is 0 Å². The van der Waals surface area contributed by atoms with E-state index in [0.29, 0.717) is 5.92 Å². The van der Waals surface area contributed by atoms with Gasteiger partial charge in [-0.05, 0) is 38.2 Å². The van der Waals surface area contributed by atoms with Gasteiger partial charge in [-0.2, -0.15) is 0 Å². The van der Waals surface area contributed by atoms with Gasteiger partial charge in [0.2, 0.25) is 5.91 Å². The molecule has 0 radical (unpaired) electrons. The number of carbonyl (C=O) groups excluding carboxylic acids is 1. The highest BCUT2D eigenvalue weighted by molar-refractivity contribution is 5.83. The molecule has 1 aliphatic carbocycles. The van der Waals surface area contributed by atoms with Crippen LogP contribution in [-0.4, -0.2) is 11.9 Å². The van der Waals surface area contributed by atoms with E-state index in [1.807, 2.05) is 31.2 Å². The zero-order valence-corrected chi connectivity index (χ0v) is 12.6. The molecule has 0 saturated heterocycles. The van der Waals surface area contributed by atoms with Crippen LogP contribution in [0.2, 0.25) is 0 Å². The molecule has 1 fully saturated rings. The number of rotatable bonds is 4. The lowest BCUT2D eigenvalue weighted by Gasteiger charge is -2.29. The molecule has 0 spiro atoms. The first-order valence-corrected chi connectivity index (χ1v) is 7.70. The first-order valence-electron chi connectivity index (χ1n) is 7.70. The fraction of sp³-hybridized carbons (Fsp3) is 0.588. The van der Waals surface area contributed by atoms with E-state index in [-0.39, 0.29) is 11.9 Å². The van der Waals surface area contributed by atoms with Crippen LogP contribution in [0.4, 0.5) is 0 Å². The Kier molecular flexibility index (Phi) is 5.18. The van der Waals surface area contributed by atoms with Crippen LogP contribution in [0.15, 0.2) is 24.3 Å². The summed E-state index contributed by atoms with van der Waals surface area (Å²) in [5.74, 6) is 0.546.